The van der Waals surface area contributed by atoms with Crippen molar-refractivity contribution in [2.24, 2.45) is 0 Å². The summed E-state index contributed by atoms with van der Waals surface area (Å²) in [4.78, 5) is 0. The highest BCUT2D eigenvalue weighted by Gasteiger charge is 2.09. The Labute approximate surface area is 91.2 Å². The van der Waals surface area contributed by atoms with Gasteiger partial charge in [0.1, 0.15) is 5.75 Å². The Bertz CT molecular complexity index is 466. The average molecular weight is 228 g/mol. The van der Waals surface area contributed by atoms with Crippen LogP contribution in [0.2, 0.25) is 5.02 Å². The lowest BCUT2D eigenvalue weighted by Crippen LogP contribution is -1.90. The lowest BCUT2D eigenvalue weighted by atomic mass is 10.2. The van der Waals surface area contributed by atoms with Gasteiger partial charge in [0.15, 0.2) is 0 Å². The summed E-state index contributed by atoms with van der Waals surface area (Å²) in [7, 11) is 0. The van der Waals surface area contributed by atoms with E-state index in [-0.39, 0.29) is 0 Å². The maximum Gasteiger partial charge on any atom is 0.139 e. The van der Waals surface area contributed by atoms with Crippen LogP contribution in [-0.2, 0) is 0 Å². The molecule has 4 heteroatoms. The number of anilines is 1. The highest BCUT2D eigenvalue weighted by atomic mass is 35.5. The fourth-order valence-electron chi connectivity index (χ4n) is 1.37. The molecule has 2 rings (SSSR count). The zero-order valence-electron chi connectivity index (χ0n) is 7.71. The van der Waals surface area contributed by atoms with Crippen molar-refractivity contribution < 1.29 is 4.74 Å². The van der Waals surface area contributed by atoms with Gasteiger partial charge in [-0.25, -0.2) is 0 Å². The van der Waals surface area contributed by atoms with Crippen molar-refractivity contribution >= 4 is 38.7 Å². The number of hydrogen-bond donors (Lipinski definition) is 1. The molecule has 14 heavy (non-hydrogen) atoms. The van der Waals surface area contributed by atoms with Crippen LogP contribution in [0.3, 0.4) is 0 Å². The fraction of sp³-hybridized carbons (Fsp3) is 0.200. The average Bonchev–Trinajstić information content (AvgIpc) is 2.49. The molecular weight excluding hydrogens is 218 g/mol. The lowest BCUT2D eigenvalue weighted by Gasteiger charge is -2.02. The molecule has 0 aliphatic heterocycles. The van der Waals surface area contributed by atoms with Gasteiger partial charge in [-0.15, -0.1) is 11.3 Å². The van der Waals surface area contributed by atoms with Crippen LogP contribution in [0.25, 0.3) is 10.1 Å². The smallest absolute Gasteiger partial charge is 0.139 e. The van der Waals surface area contributed by atoms with Gasteiger partial charge in [-0.1, -0.05) is 11.6 Å². The van der Waals surface area contributed by atoms with E-state index in [1.807, 2.05) is 18.4 Å². The summed E-state index contributed by atoms with van der Waals surface area (Å²) in [5, 5.41) is 3.58. The van der Waals surface area contributed by atoms with Crippen molar-refractivity contribution in [3.05, 3.63) is 22.5 Å². The maximum absolute atomic E-state index is 6.09. The summed E-state index contributed by atoms with van der Waals surface area (Å²) in [5.74, 6) is 0.845. The van der Waals surface area contributed by atoms with Gasteiger partial charge in [0.25, 0.3) is 0 Å². The van der Waals surface area contributed by atoms with E-state index in [4.69, 9.17) is 22.1 Å². The first-order chi connectivity index (χ1) is 6.72. The number of nitrogens with two attached hydrogens (primary N) is 1. The molecule has 0 radical (unpaired) electrons. The summed E-state index contributed by atoms with van der Waals surface area (Å²) in [6, 6.07) is 3.66. The Balaban J connectivity index is 2.66. The predicted molar refractivity (Wildman–Crippen MR) is 62.4 cm³/mol. The van der Waals surface area contributed by atoms with Crippen LogP contribution in [0.15, 0.2) is 17.5 Å². The van der Waals surface area contributed by atoms with Crippen LogP contribution in [0, 0.1) is 0 Å². The highest BCUT2D eigenvalue weighted by molar-refractivity contribution is 7.17. The molecule has 0 spiro atoms. The molecule has 2 nitrogen and oxygen atoms in total. The minimum Gasteiger partial charge on any atom is -0.492 e. The standard InChI is InChI=1S/C10H10ClNOS/c1-2-13-8-5-14-9-4-6(12)3-7(11)10(8)9/h3-5H,2,12H2,1H3. The summed E-state index contributed by atoms with van der Waals surface area (Å²) < 4.78 is 6.53. The Kier molecular flexibility index (Phi) is 2.52. The number of thiophene rings is 1. The molecular formula is C10H10ClNOS. The number of nitrogen functional groups attached to an aromatic ring is 1. The first kappa shape index (κ1) is 9.62. The number of fused-ring (bicyclic) bond motifs is 1. The van der Waals surface area contributed by atoms with Gasteiger partial charge in [0.05, 0.1) is 17.0 Å². The number of ether oxygens (including phenoxy) is 1. The van der Waals surface area contributed by atoms with Gasteiger partial charge in [-0.3, -0.25) is 0 Å². The molecule has 0 fully saturated rings. The minimum atomic E-state index is 0.645. The summed E-state index contributed by atoms with van der Waals surface area (Å²) in [5.41, 5.74) is 6.38. The summed E-state index contributed by atoms with van der Waals surface area (Å²) in [6.45, 7) is 2.60. The van der Waals surface area contributed by atoms with E-state index in [0.29, 0.717) is 17.3 Å². The van der Waals surface area contributed by atoms with Gasteiger partial charge < -0.3 is 10.5 Å². The van der Waals surface area contributed by atoms with E-state index in [1.54, 1.807) is 17.4 Å². The van der Waals surface area contributed by atoms with Gasteiger partial charge in [-0.2, -0.15) is 0 Å². The predicted octanol–water partition coefficient (Wildman–Crippen LogP) is 3.54. The number of hydrogen-bond acceptors (Lipinski definition) is 3. The molecule has 0 saturated carbocycles. The molecule has 0 amide bonds. The molecule has 2 aromatic rings. The summed E-state index contributed by atoms with van der Waals surface area (Å²) >= 11 is 7.68. The molecule has 0 saturated heterocycles. The number of rotatable bonds is 2. The third-order valence-corrected chi connectivity index (χ3v) is 3.12. The second-order valence-corrected chi connectivity index (χ2v) is 4.23. The second kappa shape index (κ2) is 3.67. The lowest BCUT2D eigenvalue weighted by molar-refractivity contribution is 0.345. The molecule has 0 atom stereocenters. The monoisotopic (exact) mass is 227 g/mol. The molecule has 1 aromatic carbocycles. The van der Waals surface area contributed by atoms with Crippen LogP contribution in [0.5, 0.6) is 5.75 Å². The molecule has 0 aliphatic rings. The van der Waals surface area contributed by atoms with Crippen LogP contribution < -0.4 is 10.5 Å². The summed E-state index contributed by atoms with van der Waals surface area (Å²) in [6.07, 6.45) is 0. The molecule has 74 valence electrons. The third kappa shape index (κ3) is 1.53. The van der Waals surface area contributed by atoms with Crippen molar-refractivity contribution in [2.45, 2.75) is 6.92 Å². The Morgan fingerprint density at radius 2 is 2.29 bits per heavy atom. The van der Waals surface area contributed by atoms with Gasteiger partial charge in [0.2, 0.25) is 0 Å². The molecule has 2 N–H and O–H groups in total. The maximum atomic E-state index is 6.09. The van der Waals surface area contributed by atoms with Crippen LogP contribution >= 0.6 is 22.9 Å². The van der Waals surface area contributed by atoms with Crippen LogP contribution in [0.1, 0.15) is 6.92 Å². The highest BCUT2D eigenvalue weighted by Crippen LogP contribution is 2.38. The van der Waals surface area contributed by atoms with E-state index in [9.17, 15) is 0 Å². The molecule has 1 aromatic heterocycles. The normalized spacial score (nSPS) is 10.7. The largest absolute Gasteiger partial charge is 0.492 e. The Hall–Kier alpha value is -0.930. The van der Waals surface area contributed by atoms with Crippen molar-refractivity contribution in [1.29, 1.82) is 0 Å². The molecule has 1 heterocycles. The van der Waals surface area contributed by atoms with Gasteiger partial charge in [-0.05, 0) is 19.1 Å². The zero-order chi connectivity index (χ0) is 10.1. The topological polar surface area (TPSA) is 35.2 Å². The molecule has 0 aliphatic carbocycles. The fourth-order valence-corrected chi connectivity index (χ4v) is 2.70. The van der Waals surface area contributed by atoms with Crippen molar-refractivity contribution in [3.8, 4) is 5.75 Å². The molecule has 0 unspecified atom stereocenters. The number of benzene rings is 1. The first-order valence-corrected chi connectivity index (χ1v) is 5.57. The van der Waals surface area contributed by atoms with Crippen molar-refractivity contribution in [2.75, 3.05) is 12.3 Å². The third-order valence-electron chi connectivity index (χ3n) is 1.92. The van der Waals surface area contributed by atoms with Crippen LogP contribution in [-0.4, -0.2) is 6.61 Å². The SMILES string of the molecule is CCOc1csc2cc(N)cc(Cl)c12. The van der Waals surface area contributed by atoms with E-state index < -0.39 is 0 Å². The van der Waals surface area contributed by atoms with E-state index >= 15 is 0 Å². The minimum absolute atomic E-state index is 0.645. The molecule has 0 bridgehead atoms. The zero-order valence-corrected chi connectivity index (χ0v) is 9.28. The van der Waals surface area contributed by atoms with E-state index in [0.717, 1.165) is 15.8 Å². The van der Waals surface area contributed by atoms with Crippen molar-refractivity contribution in [3.63, 3.8) is 0 Å². The van der Waals surface area contributed by atoms with Crippen molar-refractivity contribution in [1.82, 2.24) is 0 Å². The first-order valence-electron chi connectivity index (χ1n) is 4.31. The van der Waals surface area contributed by atoms with Gasteiger partial charge in [0, 0.05) is 15.8 Å². The Morgan fingerprint density at radius 3 is 3.00 bits per heavy atom. The van der Waals surface area contributed by atoms with E-state index in [1.165, 1.54) is 0 Å². The van der Waals surface area contributed by atoms with Gasteiger partial charge >= 0.3 is 0 Å². The second-order valence-electron chi connectivity index (χ2n) is 2.91. The quantitative estimate of drug-likeness (QED) is 0.797. The Morgan fingerprint density at radius 1 is 1.50 bits per heavy atom. The van der Waals surface area contributed by atoms with E-state index in [2.05, 4.69) is 0 Å². The number of halogens is 1. The van der Waals surface area contributed by atoms with Crippen LogP contribution in [0.4, 0.5) is 5.69 Å².